The van der Waals surface area contributed by atoms with Gasteiger partial charge in [-0.2, -0.15) is 0 Å². The van der Waals surface area contributed by atoms with Gasteiger partial charge in [-0.15, -0.1) is 0 Å². The fourth-order valence-electron chi connectivity index (χ4n) is 4.02. The maximum atomic E-state index is 12.9. The fourth-order valence-corrected chi connectivity index (χ4v) is 4.02. The van der Waals surface area contributed by atoms with Crippen LogP contribution in [0.4, 0.5) is 0 Å². The summed E-state index contributed by atoms with van der Waals surface area (Å²) in [5, 5.41) is 2.80. The standard InChI is InChI=1S/C17H29N3O2/c1-12-7-10-19(11-8-12)17(22)14-4-3-9-20(14)15(13-5-6-13)16(21)18-2/h12-15H,3-11H2,1-2H3,(H,18,21)/t14-,15+/m0/s1. The van der Waals surface area contributed by atoms with Crippen LogP contribution in [0.15, 0.2) is 0 Å². The van der Waals surface area contributed by atoms with E-state index in [1.54, 1.807) is 7.05 Å². The molecule has 5 nitrogen and oxygen atoms in total. The van der Waals surface area contributed by atoms with Crippen LogP contribution in [0.5, 0.6) is 0 Å². The Morgan fingerprint density at radius 3 is 2.32 bits per heavy atom. The van der Waals surface area contributed by atoms with Crippen LogP contribution in [0, 0.1) is 11.8 Å². The Morgan fingerprint density at radius 1 is 1.05 bits per heavy atom. The van der Waals surface area contributed by atoms with E-state index in [0.717, 1.165) is 64.1 Å². The number of nitrogens with zero attached hydrogens (tertiary/aromatic N) is 2. The monoisotopic (exact) mass is 307 g/mol. The van der Waals surface area contributed by atoms with Gasteiger partial charge in [-0.1, -0.05) is 6.92 Å². The van der Waals surface area contributed by atoms with Crippen LogP contribution in [0.2, 0.25) is 0 Å². The van der Waals surface area contributed by atoms with Gasteiger partial charge in [-0.25, -0.2) is 0 Å². The summed E-state index contributed by atoms with van der Waals surface area (Å²) in [5.41, 5.74) is 0. The topological polar surface area (TPSA) is 52.7 Å². The highest BCUT2D eigenvalue weighted by Gasteiger charge is 2.46. The van der Waals surface area contributed by atoms with Gasteiger partial charge in [0.1, 0.15) is 0 Å². The van der Waals surface area contributed by atoms with Crippen molar-refractivity contribution in [1.82, 2.24) is 15.1 Å². The molecular formula is C17H29N3O2. The normalized spacial score (nSPS) is 28.6. The van der Waals surface area contributed by atoms with Crippen molar-refractivity contribution in [2.24, 2.45) is 11.8 Å². The highest BCUT2D eigenvalue weighted by atomic mass is 16.2. The molecule has 3 rings (SSSR count). The van der Waals surface area contributed by atoms with E-state index in [4.69, 9.17) is 0 Å². The number of likely N-dealkylation sites (N-methyl/N-ethyl adjacent to an activating group) is 1. The second kappa shape index (κ2) is 6.57. The predicted octanol–water partition coefficient (Wildman–Crippen LogP) is 1.23. The van der Waals surface area contributed by atoms with Crippen molar-refractivity contribution in [2.45, 2.75) is 57.5 Å². The van der Waals surface area contributed by atoms with E-state index in [0.29, 0.717) is 5.92 Å². The molecule has 1 saturated carbocycles. The molecule has 1 N–H and O–H groups in total. The fraction of sp³-hybridized carbons (Fsp3) is 0.882. The summed E-state index contributed by atoms with van der Waals surface area (Å²) in [4.78, 5) is 29.5. The molecule has 0 aromatic heterocycles. The Labute approximate surface area is 133 Å². The Kier molecular flexibility index (Phi) is 4.71. The number of piperidine rings is 1. The van der Waals surface area contributed by atoms with Gasteiger partial charge in [-0.3, -0.25) is 14.5 Å². The average Bonchev–Trinajstić information content (AvgIpc) is 3.24. The van der Waals surface area contributed by atoms with Gasteiger partial charge in [-0.05, 0) is 56.9 Å². The van der Waals surface area contributed by atoms with Gasteiger partial charge in [0.2, 0.25) is 11.8 Å². The highest BCUT2D eigenvalue weighted by molar-refractivity contribution is 5.86. The molecule has 3 fully saturated rings. The summed E-state index contributed by atoms with van der Waals surface area (Å²) in [6, 6.07) is -0.165. The van der Waals surface area contributed by atoms with Crippen LogP contribution in [-0.2, 0) is 9.59 Å². The number of hydrogen-bond acceptors (Lipinski definition) is 3. The van der Waals surface area contributed by atoms with Crippen molar-refractivity contribution in [3.63, 3.8) is 0 Å². The van der Waals surface area contributed by atoms with Gasteiger partial charge < -0.3 is 10.2 Å². The van der Waals surface area contributed by atoms with Gasteiger partial charge in [0.05, 0.1) is 12.1 Å². The second-order valence-corrected chi connectivity index (χ2v) is 7.30. The van der Waals surface area contributed by atoms with E-state index < -0.39 is 0 Å². The van der Waals surface area contributed by atoms with Crippen LogP contribution >= 0.6 is 0 Å². The van der Waals surface area contributed by atoms with Gasteiger partial charge in [0.25, 0.3) is 0 Å². The summed E-state index contributed by atoms with van der Waals surface area (Å²) < 4.78 is 0. The summed E-state index contributed by atoms with van der Waals surface area (Å²) >= 11 is 0. The maximum Gasteiger partial charge on any atom is 0.239 e. The van der Waals surface area contributed by atoms with Crippen LogP contribution < -0.4 is 5.32 Å². The third-order valence-electron chi connectivity index (χ3n) is 5.62. The minimum atomic E-state index is -0.0924. The maximum absolute atomic E-state index is 12.9. The quantitative estimate of drug-likeness (QED) is 0.850. The van der Waals surface area contributed by atoms with E-state index in [-0.39, 0.29) is 23.9 Å². The first-order chi connectivity index (χ1) is 10.6. The molecule has 124 valence electrons. The Balaban J connectivity index is 1.69. The molecule has 2 amide bonds. The summed E-state index contributed by atoms with van der Waals surface area (Å²) in [5.74, 6) is 1.54. The lowest BCUT2D eigenvalue weighted by atomic mass is 9.98. The largest absolute Gasteiger partial charge is 0.358 e. The number of carbonyl (C=O) groups is 2. The van der Waals surface area contributed by atoms with E-state index in [2.05, 4.69) is 17.1 Å². The highest BCUT2D eigenvalue weighted by Crippen LogP contribution is 2.38. The van der Waals surface area contributed by atoms with Crippen molar-refractivity contribution < 1.29 is 9.59 Å². The summed E-state index contributed by atoms with van der Waals surface area (Å²) in [6.07, 6.45) is 6.40. The van der Waals surface area contributed by atoms with Crippen LogP contribution in [0.3, 0.4) is 0 Å². The predicted molar refractivity (Wildman–Crippen MR) is 85.3 cm³/mol. The molecule has 2 heterocycles. The molecule has 2 aliphatic heterocycles. The number of carbonyl (C=O) groups excluding carboxylic acids is 2. The number of amides is 2. The minimum absolute atomic E-state index is 0.0729. The van der Waals surface area contributed by atoms with Crippen LogP contribution in [-0.4, -0.2) is 60.4 Å². The molecule has 1 aliphatic carbocycles. The lowest BCUT2D eigenvalue weighted by Gasteiger charge is -2.37. The van der Waals surface area contributed by atoms with Crippen LogP contribution in [0.1, 0.15) is 45.4 Å². The molecule has 0 aromatic rings. The van der Waals surface area contributed by atoms with E-state index in [9.17, 15) is 9.59 Å². The van der Waals surface area contributed by atoms with Gasteiger partial charge in [0, 0.05) is 20.1 Å². The molecule has 5 heteroatoms. The molecule has 2 saturated heterocycles. The third-order valence-corrected chi connectivity index (χ3v) is 5.62. The number of rotatable bonds is 4. The molecule has 0 aromatic carbocycles. The lowest BCUT2D eigenvalue weighted by molar-refractivity contribution is -0.140. The zero-order valence-electron chi connectivity index (χ0n) is 13.9. The molecule has 0 unspecified atom stereocenters. The molecule has 22 heavy (non-hydrogen) atoms. The average molecular weight is 307 g/mol. The zero-order valence-corrected chi connectivity index (χ0v) is 13.9. The zero-order chi connectivity index (χ0) is 15.7. The number of nitrogens with one attached hydrogen (secondary N) is 1. The van der Waals surface area contributed by atoms with E-state index in [1.807, 2.05) is 4.90 Å². The van der Waals surface area contributed by atoms with Gasteiger partial charge >= 0.3 is 0 Å². The number of likely N-dealkylation sites (tertiary alicyclic amines) is 2. The van der Waals surface area contributed by atoms with Crippen molar-refractivity contribution in [2.75, 3.05) is 26.7 Å². The molecular weight excluding hydrogens is 278 g/mol. The lowest BCUT2D eigenvalue weighted by Crippen LogP contribution is -2.55. The summed E-state index contributed by atoms with van der Waals surface area (Å²) in [6.45, 7) is 4.92. The van der Waals surface area contributed by atoms with Crippen molar-refractivity contribution in [3.8, 4) is 0 Å². The minimum Gasteiger partial charge on any atom is -0.358 e. The van der Waals surface area contributed by atoms with Crippen molar-refractivity contribution >= 4 is 11.8 Å². The van der Waals surface area contributed by atoms with Gasteiger partial charge in [0.15, 0.2) is 0 Å². The molecule has 0 bridgehead atoms. The first-order valence-electron chi connectivity index (χ1n) is 8.88. The van der Waals surface area contributed by atoms with Crippen molar-refractivity contribution in [1.29, 1.82) is 0 Å². The Hall–Kier alpha value is -1.10. The second-order valence-electron chi connectivity index (χ2n) is 7.30. The Morgan fingerprint density at radius 2 is 1.73 bits per heavy atom. The van der Waals surface area contributed by atoms with E-state index >= 15 is 0 Å². The molecule has 3 aliphatic rings. The van der Waals surface area contributed by atoms with Crippen molar-refractivity contribution in [3.05, 3.63) is 0 Å². The van der Waals surface area contributed by atoms with Crippen LogP contribution in [0.25, 0.3) is 0 Å². The number of hydrogen-bond donors (Lipinski definition) is 1. The third kappa shape index (κ3) is 3.14. The summed E-state index contributed by atoms with van der Waals surface area (Å²) in [7, 11) is 1.70. The molecule has 2 atom stereocenters. The molecule has 0 spiro atoms. The smallest absolute Gasteiger partial charge is 0.239 e. The van der Waals surface area contributed by atoms with E-state index in [1.165, 1.54) is 0 Å². The SMILES string of the molecule is CNC(=O)[C@@H](C1CC1)N1CCC[C@H]1C(=O)N1CCC(C)CC1. The first-order valence-corrected chi connectivity index (χ1v) is 8.88. The first kappa shape index (κ1) is 15.8. The molecule has 0 radical (unpaired) electrons. The Bertz CT molecular complexity index is 428.